The maximum Gasteiger partial charge on any atom is 0.410 e. The van der Waals surface area contributed by atoms with E-state index in [4.69, 9.17) is 15.2 Å². The number of ether oxygens (including phenoxy) is 2. The number of rotatable bonds is 16. The van der Waals surface area contributed by atoms with Crippen molar-refractivity contribution in [3.05, 3.63) is 107 Å². The molecule has 1 saturated heterocycles. The summed E-state index contributed by atoms with van der Waals surface area (Å²) in [6.45, 7) is 18.2. The van der Waals surface area contributed by atoms with E-state index < -0.39 is 82.0 Å². The number of likely N-dealkylation sites (N-methyl/N-ethyl adjacent to an activating group) is 1. The lowest BCUT2D eigenvalue weighted by atomic mass is 9.84. The maximum absolute atomic E-state index is 15.7. The molecule has 0 bridgehead atoms. The van der Waals surface area contributed by atoms with Crippen LogP contribution in [0.15, 0.2) is 78.9 Å². The summed E-state index contributed by atoms with van der Waals surface area (Å²) in [5, 5.41) is 9.43. The van der Waals surface area contributed by atoms with Crippen molar-refractivity contribution >= 4 is 41.5 Å². The highest BCUT2D eigenvalue weighted by molar-refractivity contribution is 5.96. The Morgan fingerprint density at radius 1 is 0.779 bits per heavy atom. The number of methoxy groups -OCH3 is 1. The molecular formula is C60H84N8O9. The third-order valence-corrected chi connectivity index (χ3v) is 15.9. The van der Waals surface area contributed by atoms with E-state index in [-0.39, 0.29) is 68.8 Å². The van der Waals surface area contributed by atoms with Crippen molar-refractivity contribution in [2.45, 2.75) is 175 Å². The first-order chi connectivity index (χ1) is 36.1. The van der Waals surface area contributed by atoms with Crippen LogP contribution in [-0.2, 0) is 57.6 Å². The van der Waals surface area contributed by atoms with Gasteiger partial charge in [0.15, 0.2) is 0 Å². The molecule has 3 aromatic carbocycles. The molecule has 17 nitrogen and oxygen atoms in total. The average Bonchev–Trinajstić information content (AvgIpc) is 4.07. The number of hydrogen-bond donors (Lipinski definition) is 4. The topological polar surface area (TPSA) is 213 Å². The molecule has 0 spiro atoms. The Kier molecular flexibility index (Phi) is 17.7. The molecule has 6 unspecified atom stereocenters. The second kappa shape index (κ2) is 23.3. The van der Waals surface area contributed by atoms with Gasteiger partial charge in [0.25, 0.3) is 0 Å². The molecule has 8 atom stereocenters. The Morgan fingerprint density at radius 2 is 1.40 bits per heavy atom. The first-order valence-corrected chi connectivity index (χ1v) is 27.4. The standard InChI is InChI=1S/C60H84N8O9/c1-37(65(11)56(75)77-59(8,9)10)50(69)64-49(58(5,6)7)54(73)67-34-42(32-45(67)51(70)63-44-28-20-26-38-21-18-19-27-43(38)44)62-55(74)60(29-30-60)36-68(47(35-76-12)39-22-14-13-15-23-39)52(71)46-31-40-24-16-17-25-41(40)33-66(46)53(72)48(61)57(2,3)4/h13-19,21-25,27,37,42,44-49H,20,26,28-36,61H2,1-12H3,(H,62,74)(H,63,70)(H,64,69)/t37-,42-,44?,45?,46?,47?,48?,49?/m0/s1. The fourth-order valence-electron chi connectivity index (χ4n) is 10.9. The number of nitrogens with one attached hydrogen (secondary N) is 3. The smallest absolute Gasteiger partial charge is 0.410 e. The van der Waals surface area contributed by atoms with Crippen LogP contribution in [0.3, 0.4) is 0 Å². The number of nitrogens with two attached hydrogens (primary N) is 1. The van der Waals surface area contributed by atoms with E-state index in [1.54, 1.807) is 44.6 Å². The fraction of sp³-hybridized carbons (Fsp3) is 0.583. The van der Waals surface area contributed by atoms with Crippen LogP contribution < -0.4 is 21.7 Å². The minimum Gasteiger partial charge on any atom is -0.444 e. The molecule has 3 aromatic rings. The van der Waals surface area contributed by atoms with Gasteiger partial charge in [-0.2, -0.15) is 0 Å². The van der Waals surface area contributed by atoms with E-state index in [1.807, 2.05) is 114 Å². The molecular weight excluding hydrogens is 977 g/mol. The number of hydrogen-bond acceptors (Lipinski definition) is 10. The summed E-state index contributed by atoms with van der Waals surface area (Å²) in [6, 6.07) is 18.7. The predicted octanol–water partition coefficient (Wildman–Crippen LogP) is 6.38. The molecule has 77 heavy (non-hydrogen) atoms. The Hall–Kier alpha value is -6.33. The first-order valence-electron chi connectivity index (χ1n) is 27.4. The van der Waals surface area contributed by atoms with Gasteiger partial charge in [-0.15, -0.1) is 0 Å². The predicted molar refractivity (Wildman–Crippen MR) is 294 cm³/mol. The maximum atomic E-state index is 15.7. The summed E-state index contributed by atoms with van der Waals surface area (Å²) in [7, 11) is 3.03. The number of benzene rings is 3. The average molecular weight is 1060 g/mol. The molecule has 2 heterocycles. The minimum atomic E-state index is -1.15. The second-order valence-electron chi connectivity index (χ2n) is 25.1. The third kappa shape index (κ3) is 13.5. The number of nitrogens with zero attached hydrogens (tertiary/aromatic N) is 4. The van der Waals surface area contributed by atoms with Gasteiger partial charge in [-0.25, -0.2) is 4.79 Å². The van der Waals surface area contributed by atoms with Gasteiger partial charge in [0.05, 0.1) is 30.1 Å². The van der Waals surface area contributed by atoms with Gasteiger partial charge < -0.3 is 45.9 Å². The van der Waals surface area contributed by atoms with E-state index in [2.05, 4.69) is 22.0 Å². The summed E-state index contributed by atoms with van der Waals surface area (Å²) < 4.78 is 11.4. The van der Waals surface area contributed by atoms with Crippen LogP contribution in [-0.4, -0.2) is 137 Å². The Bertz CT molecular complexity index is 2650. The second-order valence-corrected chi connectivity index (χ2v) is 25.1. The van der Waals surface area contributed by atoms with Crippen LogP contribution in [0.4, 0.5) is 4.79 Å². The highest BCUT2D eigenvalue weighted by atomic mass is 16.6. The van der Waals surface area contributed by atoms with Gasteiger partial charge in [0.2, 0.25) is 35.4 Å². The quantitative estimate of drug-likeness (QED) is 0.124. The van der Waals surface area contributed by atoms with Crippen molar-refractivity contribution in [1.29, 1.82) is 0 Å². The van der Waals surface area contributed by atoms with Crippen LogP contribution in [0, 0.1) is 16.2 Å². The van der Waals surface area contributed by atoms with Gasteiger partial charge in [-0.05, 0) is 105 Å². The lowest BCUT2D eigenvalue weighted by Gasteiger charge is -2.43. The summed E-state index contributed by atoms with van der Waals surface area (Å²) in [5.74, 6) is -2.47. The number of carbonyl (C=O) groups is 7. The fourth-order valence-corrected chi connectivity index (χ4v) is 10.9. The van der Waals surface area contributed by atoms with Crippen molar-refractivity contribution in [2.24, 2.45) is 22.0 Å². The molecule has 2 aliphatic carbocycles. The molecule has 2 aliphatic heterocycles. The summed E-state index contributed by atoms with van der Waals surface area (Å²) in [4.78, 5) is 108. The first kappa shape index (κ1) is 58.4. The molecule has 0 radical (unpaired) electrons. The van der Waals surface area contributed by atoms with Crippen LogP contribution in [0.25, 0.3) is 0 Å². The zero-order valence-corrected chi connectivity index (χ0v) is 47.4. The van der Waals surface area contributed by atoms with E-state index in [9.17, 15) is 19.2 Å². The SMILES string of the molecule is COCC(c1ccccc1)N(CC1(C(=O)N[C@H]2CC(C(=O)NC3CCCc4ccccc43)N(C(=O)C(NC(=O)[C@H](C)N(C)C(=O)OC(C)(C)C)C(C)(C)C)C2)CC1)C(=O)C1Cc2ccccc2CN1C(=O)C(N)C(C)(C)C. The largest absolute Gasteiger partial charge is 0.444 e. The molecule has 5 N–H and O–H groups in total. The van der Waals surface area contributed by atoms with Gasteiger partial charge in [-0.3, -0.25) is 33.7 Å². The molecule has 17 heteroatoms. The van der Waals surface area contributed by atoms with E-state index in [0.717, 1.165) is 40.7 Å². The highest BCUT2D eigenvalue weighted by Crippen LogP contribution is 2.48. The minimum absolute atomic E-state index is 0.000510. The van der Waals surface area contributed by atoms with Crippen LogP contribution >= 0.6 is 0 Å². The Labute approximate surface area is 455 Å². The molecule has 7 rings (SSSR count). The number of amides is 7. The van der Waals surface area contributed by atoms with Crippen molar-refractivity contribution in [3.63, 3.8) is 0 Å². The highest BCUT2D eigenvalue weighted by Gasteiger charge is 2.55. The van der Waals surface area contributed by atoms with Gasteiger partial charge in [0, 0.05) is 46.3 Å². The molecule has 4 aliphatic rings. The normalized spacial score (nSPS) is 21.5. The summed E-state index contributed by atoms with van der Waals surface area (Å²) >= 11 is 0. The number of aryl methyl sites for hydroxylation is 1. The van der Waals surface area contributed by atoms with E-state index >= 15 is 14.4 Å². The molecule has 418 valence electrons. The molecule has 7 amide bonds. The van der Waals surface area contributed by atoms with Gasteiger partial charge in [0.1, 0.15) is 29.8 Å². The van der Waals surface area contributed by atoms with Crippen molar-refractivity contribution in [2.75, 3.05) is 33.9 Å². The van der Waals surface area contributed by atoms with Crippen LogP contribution in [0.5, 0.6) is 0 Å². The van der Waals surface area contributed by atoms with Crippen molar-refractivity contribution in [1.82, 2.24) is 35.6 Å². The summed E-state index contributed by atoms with van der Waals surface area (Å²) in [5.41, 5.74) is 8.19. The zero-order chi connectivity index (χ0) is 56.4. The third-order valence-electron chi connectivity index (χ3n) is 15.9. The number of likely N-dealkylation sites (tertiary alicyclic amines) is 1. The lowest BCUT2D eigenvalue weighted by Crippen LogP contribution is -2.60. The molecule has 2 fully saturated rings. The van der Waals surface area contributed by atoms with Gasteiger partial charge in [-0.1, -0.05) is 120 Å². The summed E-state index contributed by atoms with van der Waals surface area (Å²) in [6.07, 6.45) is 3.00. The zero-order valence-electron chi connectivity index (χ0n) is 47.4. The van der Waals surface area contributed by atoms with Crippen molar-refractivity contribution in [3.8, 4) is 0 Å². The van der Waals surface area contributed by atoms with E-state index in [0.29, 0.717) is 19.3 Å². The number of carbonyl (C=O) groups excluding carboxylic acids is 7. The van der Waals surface area contributed by atoms with Crippen LogP contribution in [0.2, 0.25) is 0 Å². The van der Waals surface area contributed by atoms with Gasteiger partial charge >= 0.3 is 6.09 Å². The lowest BCUT2D eigenvalue weighted by molar-refractivity contribution is -0.152. The Morgan fingerprint density at radius 3 is 2.01 bits per heavy atom. The monoisotopic (exact) mass is 1060 g/mol. The van der Waals surface area contributed by atoms with Crippen LogP contribution in [0.1, 0.15) is 141 Å². The molecule has 1 saturated carbocycles. The molecule has 0 aromatic heterocycles. The Balaban J connectivity index is 1.19. The van der Waals surface area contributed by atoms with E-state index in [1.165, 1.54) is 16.8 Å². The van der Waals surface area contributed by atoms with Crippen molar-refractivity contribution < 1.29 is 43.0 Å². The number of fused-ring (bicyclic) bond motifs is 2.